The van der Waals surface area contributed by atoms with E-state index in [9.17, 15) is 9.59 Å². The predicted molar refractivity (Wildman–Crippen MR) is 94.3 cm³/mol. The second kappa shape index (κ2) is 8.66. The lowest BCUT2D eigenvalue weighted by Gasteiger charge is -2.34. The fourth-order valence-corrected chi connectivity index (χ4v) is 3.85. The van der Waals surface area contributed by atoms with Crippen molar-refractivity contribution >= 4 is 35.6 Å². The van der Waals surface area contributed by atoms with Gasteiger partial charge in [-0.3, -0.25) is 9.59 Å². The van der Waals surface area contributed by atoms with Gasteiger partial charge in [-0.2, -0.15) is 0 Å². The highest BCUT2D eigenvalue weighted by molar-refractivity contribution is 7.12. The number of halogens is 1. The summed E-state index contributed by atoms with van der Waals surface area (Å²) in [6.45, 7) is 4.76. The van der Waals surface area contributed by atoms with Gasteiger partial charge < -0.3 is 15.1 Å². The second-order valence-electron chi connectivity index (χ2n) is 6.05. The minimum absolute atomic E-state index is 0. The third-order valence-electron chi connectivity index (χ3n) is 4.58. The van der Waals surface area contributed by atoms with Crippen LogP contribution in [0.25, 0.3) is 0 Å². The molecule has 1 N–H and O–H groups in total. The second-order valence-corrected chi connectivity index (χ2v) is 7.00. The van der Waals surface area contributed by atoms with Gasteiger partial charge in [0.1, 0.15) is 0 Å². The minimum Gasteiger partial charge on any atom is -0.339 e. The molecular formula is C16H24ClN3O2S. The topological polar surface area (TPSA) is 52.7 Å². The van der Waals surface area contributed by atoms with Crippen LogP contribution in [0, 0.1) is 5.92 Å². The zero-order valence-electron chi connectivity index (χ0n) is 13.2. The Morgan fingerprint density at radius 3 is 2.57 bits per heavy atom. The summed E-state index contributed by atoms with van der Waals surface area (Å²) in [4.78, 5) is 29.1. The molecule has 23 heavy (non-hydrogen) atoms. The predicted octanol–water partition coefficient (Wildman–Crippen LogP) is 1.84. The number of piperazine rings is 1. The van der Waals surface area contributed by atoms with Crippen molar-refractivity contribution in [3.63, 3.8) is 0 Å². The van der Waals surface area contributed by atoms with Gasteiger partial charge in [0.15, 0.2) is 0 Å². The molecule has 3 heterocycles. The highest BCUT2D eigenvalue weighted by Gasteiger charge is 2.25. The number of nitrogens with one attached hydrogen (secondary N) is 1. The Kier molecular flexibility index (Phi) is 6.87. The molecule has 2 fully saturated rings. The van der Waals surface area contributed by atoms with E-state index in [1.807, 2.05) is 27.3 Å². The molecule has 0 spiro atoms. The van der Waals surface area contributed by atoms with E-state index in [-0.39, 0.29) is 24.2 Å². The van der Waals surface area contributed by atoms with Crippen molar-refractivity contribution < 1.29 is 9.59 Å². The van der Waals surface area contributed by atoms with Crippen LogP contribution in [-0.2, 0) is 4.79 Å². The van der Waals surface area contributed by atoms with Gasteiger partial charge in [-0.25, -0.2) is 0 Å². The molecule has 2 aliphatic rings. The first-order valence-electron chi connectivity index (χ1n) is 8.05. The summed E-state index contributed by atoms with van der Waals surface area (Å²) in [5, 5.41) is 5.26. The molecule has 5 nitrogen and oxygen atoms in total. The van der Waals surface area contributed by atoms with Gasteiger partial charge in [-0.05, 0) is 43.3 Å². The molecule has 2 saturated heterocycles. The maximum absolute atomic E-state index is 12.3. The summed E-state index contributed by atoms with van der Waals surface area (Å²) >= 11 is 1.48. The summed E-state index contributed by atoms with van der Waals surface area (Å²) in [6, 6.07) is 3.76. The summed E-state index contributed by atoms with van der Waals surface area (Å²) in [6.07, 6.45) is 2.82. The van der Waals surface area contributed by atoms with Crippen LogP contribution in [0.3, 0.4) is 0 Å². The van der Waals surface area contributed by atoms with Crippen LogP contribution in [0.15, 0.2) is 17.5 Å². The SMILES string of the molecule is Cl.O=C(CCC1CCNC1)N1CCN(C(=O)c2cccs2)CC1. The lowest BCUT2D eigenvalue weighted by molar-refractivity contribution is -0.132. The normalized spacial score (nSPS) is 21.1. The Labute approximate surface area is 147 Å². The van der Waals surface area contributed by atoms with Crippen LogP contribution in [0.2, 0.25) is 0 Å². The molecule has 128 valence electrons. The Morgan fingerprint density at radius 2 is 1.96 bits per heavy atom. The first kappa shape index (κ1) is 18.2. The van der Waals surface area contributed by atoms with Gasteiger partial charge in [0.2, 0.25) is 5.91 Å². The Morgan fingerprint density at radius 1 is 1.22 bits per heavy atom. The van der Waals surface area contributed by atoms with Gasteiger partial charge in [0.25, 0.3) is 5.91 Å². The van der Waals surface area contributed by atoms with Crippen LogP contribution in [-0.4, -0.2) is 60.9 Å². The van der Waals surface area contributed by atoms with Crippen molar-refractivity contribution in [3.05, 3.63) is 22.4 Å². The maximum atomic E-state index is 12.3. The first-order chi connectivity index (χ1) is 10.7. The molecule has 2 aliphatic heterocycles. The molecule has 7 heteroatoms. The highest BCUT2D eigenvalue weighted by Crippen LogP contribution is 2.17. The molecule has 0 saturated carbocycles. The van der Waals surface area contributed by atoms with Crippen LogP contribution in [0.1, 0.15) is 28.9 Å². The summed E-state index contributed by atoms with van der Waals surface area (Å²) in [7, 11) is 0. The fraction of sp³-hybridized carbons (Fsp3) is 0.625. The van der Waals surface area contributed by atoms with Crippen LogP contribution in [0.5, 0.6) is 0 Å². The number of thiophene rings is 1. The van der Waals surface area contributed by atoms with E-state index < -0.39 is 0 Å². The third-order valence-corrected chi connectivity index (χ3v) is 5.44. The molecule has 0 radical (unpaired) electrons. The molecule has 0 aromatic carbocycles. The van der Waals surface area contributed by atoms with Crippen LogP contribution < -0.4 is 5.32 Å². The van der Waals surface area contributed by atoms with Gasteiger partial charge in [0, 0.05) is 32.6 Å². The van der Waals surface area contributed by atoms with E-state index in [1.54, 1.807) is 0 Å². The number of amides is 2. The van der Waals surface area contributed by atoms with E-state index in [2.05, 4.69) is 5.32 Å². The number of nitrogens with zero attached hydrogens (tertiary/aromatic N) is 2. The Balaban J connectivity index is 0.00000192. The van der Waals surface area contributed by atoms with E-state index in [0.717, 1.165) is 24.4 Å². The molecule has 3 rings (SSSR count). The van der Waals surface area contributed by atoms with Gasteiger partial charge >= 0.3 is 0 Å². The standard InChI is InChI=1S/C16H23N3O2S.ClH/c20-15(4-3-13-5-6-17-12-13)18-7-9-19(10-8-18)16(21)14-2-1-11-22-14;/h1-2,11,13,17H,3-10,12H2;1H. The van der Waals surface area contributed by atoms with Gasteiger partial charge in [-0.1, -0.05) is 6.07 Å². The molecule has 0 bridgehead atoms. The van der Waals surface area contributed by atoms with Crippen molar-refractivity contribution in [3.8, 4) is 0 Å². The average molecular weight is 358 g/mol. The monoisotopic (exact) mass is 357 g/mol. The first-order valence-corrected chi connectivity index (χ1v) is 8.93. The van der Waals surface area contributed by atoms with Gasteiger partial charge in [-0.15, -0.1) is 23.7 Å². The number of hydrogen-bond acceptors (Lipinski definition) is 4. The summed E-state index contributed by atoms with van der Waals surface area (Å²) in [5.41, 5.74) is 0. The smallest absolute Gasteiger partial charge is 0.264 e. The van der Waals surface area contributed by atoms with E-state index in [4.69, 9.17) is 0 Å². The quantitative estimate of drug-likeness (QED) is 0.894. The molecule has 1 unspecified atom stereocenters. The molecule has 2 amide bonds. The molecular weight excluding hydrogens is 334 g/mol. The van der Waals surface area contributed by atoms with E-state index >= 15 is 0 Å². The lowest BCUT2D eigenvalue weighted by atomic mass is 10.0. The number of carbonyl (C=O) groups excluding carboxylic acids is 2. The molecule has 1 aromatic rings. The van der Waals surface area contributed by atoms with E-state index in [0.29, 0.717) is 38.5 Å². The largest absolute Gasteiger partial charge is 0.339 e. The number of hydrogen-bond donors (Lipinski definition) is 1. The Hall–Kier alpha value is -1.11. The van der Waals surface area contributed by atoms with Crippen LogP contribution >= 0.6 is 23.7 Å². The van der Waals surface area contributed by atoms with Crippen molar-refractivity contribution in [2.45, 2.75) is 19.3 Å². The van der Waals surface area contributed by atoms with E-state index in [1.165, 1.54) is 17.8 Å². The van der Waals surface area contributed by atoms with Crippen molar-refractivity contribution in [2.75, 3.05) is 39.3 Å². The zero-order chi connectivity index (χ0) is 15.4. The van der Waals surface area contributed by atoms with Gasteiger partial charge in [0.05, 0.1) is 4.88 Å². The average Bonchev–Trinajstić information content (AvgIpc) is 3.25. The maximum Gasteiger partial charge on any atom is 0.264 e. The number of rotatable bonds is 4. The molecule has 0 aliphatic carbocycles. The third kappa shape index (κ3) is 4.68. The van der Waals surface area contributed by atoms with Crippen molar-refractivity contribution in [1.29, 1.82) is 0 Å². The summed E-state index contributed by atoms with van der Waals surface area (Å²) in [5.74, 6) is 1.000. The Bertz CT molecular complexity index is 509. The molecule has 1 aromatic heterocycles. The summed E-state index contributed by atoms with van der Waals surface area (Å²) < 4.78 is 0. The number of carbonyl (C=O) groups is 2. The lowest BCUT2D eigenvalue weighted by Crippen LogP contribution is -2.50. The van der Waals surface area contributed by atoms with Crippen molar-refractivity contribution in [1.82, 2.24) is 15.1 Å². The molecule has 1 atom stereocenters. The minimum atomic E-state index is 0. The highest BCUT2D eigenvalue weighted by atomic mass is 35.5. The van der Waals surface area contributed by atoms with Crippen molar-refractivity contribution in [2.24, 2.45) is 5.92 Å². The van der Waals surface area contributed by atoms with Crippen LogP contribution in [0.4, 0.5) is 0 Å². The fourth-order valence-electron chi connectivity index (χ4n) is 3.16. The zero-order valence-corrected chi connectivity index (χ0v) is 14.8.